The Bertz CT molecular complexity index is 1430. The Labute approximate surface area is 221 Å². The SMILES string of the molecule is COc1cc(-n2cc(CCCCN)nn2)ccc1-c1nc(CCc2ccc(-c3ccccc3)cc2)cs1. The fourth-order valence-corrected chi connectivity index (χ4v) is 5.18. The second kappa shape index (κ2) is 12.0. The molecule has 2 N–H and O–H groups in total. The largest absolute Gasteiger partial charge is 0.496 e. The fraction of sp³-hybridized carbons (Fsp3) is 0.233. The van der Waals surface area contributed by atoms with E-state index in [1.165, 1.54) is 16.7 Å². The number of hydrogen-bond donors (Lipinski definition) is 1. The third kappa shape index (κ3) is 6.13. The van der Waals surface area contributed by atoms with Gasteiger partial charge in [-0.25, -0.2) is 9.67 Å². The van der Waals surface area contributed by atoms with Crippen molar-refractivity contribution < 1.29 is 4.74 Å². The maximum absolute atomic E-state index is 5.73. The average Bonchev–Trinajstić information content (AvgIpc) is 3.63. The van der Waals surface area contributed by atoms with Crippen LogP contribution in [-0.4, -0.2) is 33.6 Å². The van der Waals surface area contributed by atoms with Crippen molar-refractivity contribution in [3.8, 4) is 33.1 Å². The number of unbranched alkanes of at least 4 members (excludes halogenated alkanes) is 1. The highest BCUT2D eigenvalue weighted by Crippen LogP contribution is 2.34. The van der Waals surface area contributed by atoms with Gasteiger partial charge >= 0.3 is 0 Å². The van der Waals surface area contributed by atoms with E-state index in [1.54, 1.807) is 23.1 Å². The standard InChI is InChI=1S/C30H31N5OS/c1-36-29-19-27(35-20-25(33-34-35)9-5-6-18-31)16-17-28(29)30-32-26(21-37-30)15-12-22-10-13-24(14-11-22)23-7-3-2-4-8-23/h2-4,7-8,10-11,13-14,16-17,19-21H,5-6,9,12,15,18,31H2,1H3. The van der Waals surface area contributed by atoms with Gasteiger partial charge in [0.05, 0.1) is 35.9 Å². The van der Waals surface area contributed by atoms with Crippen LogP contribution in [0, 0.1) is 0 Å². The predicted octanol–water partition coefficient (Wildman–Crippen LogP) is 6.13. The summed E-state index contributed by atoms with van der Waals surface area (Å²) in [5.74, 6) is 0.773. The first-order valence-electron chi connectivity index (χ1n) is 12.6. The van der Waals surface area contributed by atoms with Crippen LogP contribution in [-0.2, 0) is 19.3 Å². The molecular weight excluding hydrogens is 478 g/mol. The minimum Gasteiger partial charge on any atom is -0.496 e. The summed E-state index contributed by atoms with van der Waals surface area (Å²) in [5, 5.41) is 11.7. The average molecular weight is 510 g/mol. The second-order valence-corrected chi connectivity index (χ2v) is 9.85. The van der Waals surface area contributed by atoms with Crippen LogP contribution in [0.2, 0.25) is 0 Å². The van der Waals surface area contributed by atoms with Gasteiger partial charge in [0.2, 0.25) is 0 Å². The lowest BCUT2D eigenvalue weighted by Gasteiger charge is -2.09. The lowest BCUT2D eigenvalue weighted by molar-refractivity contribution is 0.416. The molecule has 0 amide bonds. The van der Waals surface area contributed by atoms with Gasteiger partial charge in [-0.2, -0.15) is 0 Å². The van der Waals surface area contributed by atoms with E-state index in [4.69, 9.17) is 15.5 Å². The summed E-state index contributed by atoms with van der Waals surface area (Å²) in [5.41, 5.74) is 13.3. The van der Waals surface area contributed by atoms with E-state index >= 15 is 0 Å². The van der Waals surface area contributed by atoms with Crippen molar-refractivity contribution in [2.45, 2.75) is 32.1 Å². The Morgan fingerprint density at radius 2 is 1.68 bits per heavy atom. The van der Waals surface area contributed by atoms with Crippen molar-refractivity contribution >= 4 is 11.3 Å². The molecule has 0 atom stereocenters. The van der Waals surface area contributed by atoms with Gasteiger partial charge in [-0.3, -0.25) is 0 Å². The Kier molecular flexibility index (Phi) is 8.03. The highest BCUT2D eigenvalue weighted by Gasteiger charge is 2.13. The molecule has 3 aromatic carbocycles. The van der Waals surface area contributed by atoms with Crippen LogP contribution in [0.1, 0.15) is 29.8 Å². The van der Waals surface area contributed by atoms with Crippen LogP contribution in [0.4, 0.5) is 0 Å². The summed E-state index contributed by atoms with van der Waals surface area (Å²) in [4.78, 5) is 4.91. The summed E-state index contributed by atoms with van der Waals surface area (Å²) in [6.07, 6.45) is 6.71. The topological polar surface area (TPSA) is 78.9 Å². The van der Waals surface area contributed by atoms with Crippen molar-refractivity contribution in [1.29, 1.82) is 0 Å². The zero-order valence-corrected chi connectivity index (χ0v) is 21.8. The van der Waals surface area contributed by atoms with Crippen molar-refractivity contribution in [3.63, 3.8) is 0 Å². The van der Waals surface area contributed by atoms with E-state index in [0.717, 1.165) is 65.5 Å². The summed E-state index contributed by atoms with van der Waals surface area (Å²) in [7, 11) is 1.69. The molecular formula is C30H31N5OS. The zero-order valence-electron chi connectivity index (χ0n) is 21.0. The third-order valence-corrected chi connectivity index (χ3v) is 7.31. The van der Waals surface area contributed by atoms with E-state index in [1.807, 2.05) is 24.4 Å². The number of nitrogens with two attached hydrogens (primary N) is 1. The summed E-state index contributed by atoms with van der Waals surface area (Å²) >= 11 is 1.65. The summed E-state index contributed by atoms with van der Waals surface area (Å²) in [6, 6.07) is 25.4. The highest BCUT2D eigenvalue weighted by molar-refractivity contribution is 7.13. The molecule has 0 fully saturated rings. The summed E-state index contributed by atoms with van der Waals surface area (Å²) < 4.78 is 7.52. The number of hydrogen-bond acceptors (Lipinski definition) is 6. The molecule has 0 aliphatic heterocycles. The maximum atomic E-state index is 5.73. The monoisotopic (exact) mass is 509 g/mol. The Balaban J connectivity index is 1.24. The van der Waals surface area contributed by atoms with E-state index in [-0.39, 0.29) is 0 Å². The van der Waals surface area contributed by atoms with Gasteiger partial charge < -0.3 is 10.5 Å². The Hall–Kier alpha value is -3.81. The molecule has 7 heteroatoms. The molecule has 0 spiro atoms. The molecule has 188 valence electrons. The van der Waals surface area contributed by atoms with E-state index in [0.29, 0.717) is 6.54 Å². The summed E-state index contributed by atoms with van der Waals surface area (Å²) in [6.45, 7) is 0.702. The molecule has 0 aliphatic carbocycles. The van der Waals surface area contributed by atoms with Gasteiger partial charge in [-0.15, -0.1) is 16.4 Å². The molecule has 6 nitrogen and oxygen atoms in total. The van der Waals surface area contributed by atoms with Crippen molar-refractivity contribution in [1.82, 2.24) is 20.0 Å². The number of benzene rings is 3. The van der Waals surface area contributed by atoms with Gasteiger partial charge in [-0.1, -0.05) is 59.8 Å². The van der Waals surface area contributed by atoms with Crippen molar-refractivity contribution in [3.05, 3.63) is 101 Å². The van der Waals surface area contributed by atoms with Crippen LogP contribution < -0.4 is 10.5 Å². The van der Waals surface area contributed by atoms with Gasteiger partial charge in [0.1, 0.15) is 10.8 Å². The van der Waals surface area contributed by atoms with Crippen LogP contribution in [0.3, 0.4) is 0 Å². The molecule has 0 aliphatic rings. The molecule has 37 heavy (non-hydrogen) atoms. The van der Waals surface area contributed by atoms with Crippen LogP contribution >= 0.6 is 11.3 Å². The molecule has 2 heterocycles. The molecule has 0 saturated carbocycles. The fourth-order valence-electron chi connectivity index (χ4n) is 4.30. The number of aromatic nitrogens is 4. The van der Waals surface area contributed by atoms with Gasteiger partial charge in [0.25, 0.3) is 0 Å². The van der Waals surface area contributed by atoms with Gasteiger partial charge in [0, 0.05) is 11.4 Å². The normalized spacial score (nSPS) is 11.1. The number of thiazole rings is 1. The highest BCUT2D eigenvalue weighted by atomic mass is 32.1. The molecule has 0 unspecified atom stereocenters. The van der Waals surface area contributed by atoms with Crippen LogP contribution in [0.5, 0.6) is 5.75 Å². The quantitative estimate of drug-likeness (QED) is 0.217. The number of rotatable bonds is 11. The number of aryl methyl sites for hydroxylation is 3. The Morgan fingerprint density at radius 1 is 0.865 bits per heavy atom. The molecule has 2 aromatic heterocycles. The van der Waals surface area contributed by atoms with E-state index in [2.05, 4.69) is 70.3 Å². The molecule has 0 radical (unpaired) electrons. The lowest BCUT2D eigenvalue weighted by Crippen LogP contribution is -1.99. The number of ether oxygens (including phenoxy) is 1. The van der Waals surface area contributed by atoms with Gasteiger partial charge in [0.15, 0.2) is 0 Å². The smallest absolute Gasteiger partial charge is 0.131 e. The number of nitrogens with zero attached hydrogens (tertiary/aromatic N) is 4. The molecule has 0 saturated heterocycles. The van der Waals surface area contributed by atoms with Gasteiger partial charge in [-0.05, 0) is 67.5 Å². The maximum Gasteiger partial charge on any atom is 0.131 e. The minimum atomic E-state index is 0.702. The predicted molar refractivity (Wildman–Crippen MR) is 150 cm³/mol. The Morgan fingerprint density at radius 3 is 2.46 bits per heavy atom. The van der Waals surface area contributed by atoms with Crippen LogP contribution in [0.15, 0.2) is 84.4 Å². The van der Waals surface area contributed by atoms with Crippen molar-refractivity contribution in [2.24, 2.45) is 5.73 Å². The van der Waals surface area contributed by atoms with E-state index < -0.39 is 0 Å². The minimum absolute atomic E-state index is 0.702. The zero-order chi connectivity index (χ0) is 25.5. The van der Waals surface area contributed by atoms with Crippen molar-refractivity contribution in [2.75, 3.05) is 13.7 Å². The molecule has 0 bridgehead atoms. The first-order valence-corrected chi connectivity index (χ1v) is 13.5. The molecule has 5 rings (SSSR count). The van der Waals surface area contributed by atoms with Crippen LogP contribution in [0.25, 0.3) is 27.4 Å². The van der Waals surface area contributed by atoms with E-state index in [9.17, 15) is 0 Å². The lowest BCUT2D eigenvalue weighted by atomic mass is 10.0. The third-order valence-electron chi connectivity index (χ3n) is 6.39. The molecule has 5 aromatic rings. The second-order valence-electron chi connectivity index (χ2n) is 8.99. The first kappa shape index (κ1) is 24.9. The number of methoxy groups -OCH3 is 1. The first-order chi connectivity index (χ1) is 18.2.